The van der Waals surface area contributed by atoms with Gasteiger partial charge in [0.25, 0.3) is 0 Å². The summed E-state index contributed by atoms with van der Waals surface area (Å²) in [5.41, 5.74) is 3.56. The van der Waals surface area contributed by atoms with Crippen LogP contribution in [0.3, 0.4) is 0 Å². The topological polar surface area (TPSA) is 52.0 Å². The standard InChI is InChI=1S/C15H16N4/c1-19(2)14-7-5-13(6-8-14)18-11-12-4-3-9-17-15(12)10-16/h3-9,18H,11H2,1-2H3. The first kappa shape index (κ1) is 12.9. The van der Waals surface area contributed by atoms with Crippen LogP contribution in [0.4, 0.5) is 11.4 Å². The molecule has 96 valence electrons. The zero-order valence-corrected chi connectivity index (χ0v) is 11.1. The van der Waals surface area contributed by atoms with E-state index in [9.17, 15) is 0 Å². The number of nitrogens with zero attached hydrogens (tertiary/aromatic N) is 3. The van der Waals surface area contributed by atoms with E-state index in [1.807, 2.05) is 38.4 Å². The van der Waals surface area contributed by atoms with Gasteiger partial charge in [0.2, 0.25) is 0 Å². The molecule has 0 atom stereocenters. The lowest BCUT2D eigenvalue weighted by atomic mass is 10.2. The van der Waals surface area contributed by atoms with Gasteiger partial charge in [0.05, 0.1) is 0 Å². The molecule has 1 aromatic heterocycles. The summed E-state index contributed by atoms with van der Waals surface area (Å²) in [6.45, 7) is 0.595. The molecule has 0 saturated carbocycles. The molecular weight excluding hydrogens is 236 g/mol. The third-order valence-electron chi connectivity index (χ3n) is 2.86. The van der Waals surface area contributed by atoms with Crippen LogP contribution in [0.5, 0.6) is 0 Å². The normalized spacial score (nSPS) is 9.74. The Kier molecular flexibility index (Phi) is 3.99. The lowest BCUT2D eigenvalue weighted by molar-refractivity contribution is 1.09. The molecule has 2 rings (SSSR count). The van der Waals surface area contributed by atoms with Crippen molar-refractivity contribution in [3.05, 3.63) is 53.9 Å². The van der Waals surface area contributed by atoms with Crippen LogP contribution in [-0.2, 0) is 6.54 Å². The van der Waals surface area contributed by atoms with Gasteiger partial charge in [-0.05, 0) is 30.3 Å². The van der Waals surface area contributed by atoms with Gasteiger partial charge in [-0.3, -0.25) is 0 Å². The molecule has 4 nitrogen and oxygen atoms in total. The summed E-state index contributed by atoms with van der Waals surface area (Å²) < 4.78 is 0. The molecule has 0 radical (unpaired) electrons. The van der Waals surface area contributed by atoms with Gasteiger partial charge < -0.3 is 10.2 Å². The predicted octanol–water partition coefficient (Wildman–Crippen LogP) is 2.63. The van der Waals surface area contributed by atoms with Crippen molar-refractivity contribution >= 4 is 11.4 Å². The average Bonchev–Trinajstić information content (AvgIpc) is 2.45. The molecular formula is C15H16N4. The Balaban J connectivity index is 2.04. The quantitative estimate of drug-likeness (QED) is 0.908. The minimum absolute atomic E-state index is 0.472. The van der Waals surface area contributed by atoms with E-state index < -0.39 is 0 Å². The minimum Gasteiger partial charge on any atom is -0.381 e. The van der Waals surface area contributed by atoms with E-state index in [2.05, 4.69) is 33.4 Å². The number of hydrogen-bond donors (Lipinski definition) is 1. The van der Waals surface area contributed by atoms with Gasteiger partial charge in [-0.2, -0.15) is 5.26 Å². The highest BCUT2D eigenvalue weighted by Crippen LogP contribution is 2.16. The summed E-state index contributed by atoms with van der Waals surface area (Å²) in [5.74, 6) is 0. The van der Waals surface area contributed by atoms with Gasteiger partial charge >= 0.3 is 0 Å². The number of nitriles is 1. The molecule has 0 fully saturated rings. The Labute approximate surface area is 113 Å². The lowest BCUT2D eigenvalue weighted by Crippen LogP contribution is -2.08. The molecule has 0 saturated heterocycles. The zero-order valence-electron chi connectivity index (χ0n) is 11.1. The van der Waals surface area contributed by atoms with E-state index >= 15 is 0 Å². The first-order chi connectivity index (χ1) is 9.20. The van der Waals surface area contributed by atoms with Crippen LogP contribution >= 0.6 is 0 Å². The molecule has 2 aromatic rings. The van der Waals surface area contributed by atoms with Crippen LogP contribution in [0.2, 0.25) is 0 Å². The van der Waals surface area contributed by atoms with Crippen LogP contribution in [0.15, 0.2) is 42.6 Å². The Morgan fingerprint density at radius 1 is 1.21 bits per heavy atom. The van der Waals surface area contributed by atoms with Crippen LogP contribution < -0.4 is 10.2 Å². The molecule has 0 aliphatic heterocycles. The highest BCUT2D eigenvalue weighted by atomic mass is 15.1. The molecule has 0 spiro atoms. The predicted molar refractivity (Wildman–Crippen MR) is 77.0 cm³/mol. The molecule has 0 aliphatic rings. The van der Waals surface area contributed by atoms with Crippen molar-refractivity contribution in [2.45, 2.75) is 6.54 Å². The minimum atomic E-state index is 0.472. The summed E-state index contributed by atoms with van der Waals surface area (Å²) >= 11 is 0. The van der Waals surface area contributed by atoms with Gasteiger partial charge in [0.15, 0.2) is 0 Å². The molecule has 4 heteroatoms. The Hall–Kier alpha value is -2.54. The van der Waals surface area contributed by atoms with Crippen molar-refractivity contribution < 1.29 is 0 Å². The highest BCUT2D eigenvalue weighted by Gasteiger charge is 2.02. The third-order valence-corrected chi connectivity index (χ3v) is 2.86. The maximum absolute atomic E-state index is 8.97. The van der Waals surface area contributed by atoms with Gasteiger partial charge in [-0.15, -0.1) is 0 Å². The number of hydrogen-bond acceptors (Lipinski definition) is 4. The Morgan fingerprint density at radius 2 is 1.95 bits per heavy atom. The van der Waals surface area contributed by atoms with Crippen LogP contribution in [0, 0.1) is 11.3 Å². The lowest BCUT2D eigenvalue weighted by Gasteiger charge is -2.13. The fourth-order valence-electron chi connectivity index (χ4n) is 1.76. The molecule has 0 unspecified atom stereocenters. The molecule has 1 N–H and O–H groups in total. The number of anilines is 2. The number of rotatable bonds is 4. The average molecular weight is 252 g/mol. The summed E-state index contributed by atoms with van der Waals surface area (Å²) in [6, 6.07) is 14.0. The van der Waals surface area contributed by atoms with E-state index in [1.54, 1.807) is 6.20 Å². The largest absolute Gasteiger partial charge is 0.381 e. The van der Waals surface area contributed by atoms with E-state index in [4.69, 9.17) is 5.26 Å². The molecule has 19 heavy (non-hydrogen) atoms. The van der Waals surface area contributed by atoms with Crippen molar-refractivity contribution in [2.75, 3.05) is 24.3 Å². The van der Waals surface area contributed by atoms with E-state index in [0.717, 1.165) is 16.9 Å². The number of benzene rings is 1. The molecule has 0 amide bonds. The summed E-state index contributed by atoms with van der Waals surface area (Å²) in [7, 11) is 4.02. The fraction of sp³-hybridized carbons (Fsp3) is 0.200. The first-order valence-corrected chi connectivity index (χ1v) is 6.06. The van der Waals surface area contributed by atoms with Crippen LogP contribution in [0.25, 0.3) is 0 Å². The second kappa shape index (κ2) is 5.87. The smallest absolute Gasteiger partial charge is 0.145 e. The van der Waals surface area contributed by atoms with Gasteiger partial charge in [0, 0.05) is 43.8 Å². The molecule has 1 aromatic carbocycles. The Bertz CT molecular complexity index is 582. The van der Waals surface area contributed by atoms with Crippen molar-refractivity contribution in [2.24, 2.45) is 0 Å². The Morgan fingerprint density at radius 3 is 2.58 bits per heavy atom. The second-order valence-electron chi connectivity index (χ2n) is 4.42. The molecule has 0 aliphatic carbocycles. The van der Waals surface area contributed by atoms with Gasteiger partial charge in [0.1, 0.15) is 11.8 Å². The van der Waals surface area contributed by atoms with Crippen molar-refractivity contribution in [1.29, 1.82) is 5.26 Å². The number of aromatic nitrogens is 1. The summed E-state index contributed by atoms with van der Waals surface area (Å²) in [4.78, 5) is 6.09. The van der Waals surface area contributed by atoms with Crippen molar-refractivity contribution in [3.8, 4) is 6.07 Å². The zero-order chi connectivity index (χ0) is 13.7. The van der Waals surface area contributed by atoms with Crippen molar-refractivity contribution in [1.82, 2.24) is 4.98 Å². The van der Waals surface area contributed by atoms with Crippen molar-refractivity contribution in [3.63, 3.8) is 0 Å². The number of pyridine rings is 1. The number of nitrogens with one attached hydrogen (secondary N) is 1. The summed E-state index contributed by atoms with van der Waals surface area (Å²) in [5, 5.41) is 12.3. The molecule has 1 heterocycles. The second-order valence-corrected chi connectivity index (χ2v) is 4.42. The first-order valence-electron chi connectivity index (χ1n) is 6.06. The van der Waals surface area contributed by atoms with Gasteiger partial charge in [-0.1, -0.05) is 6.07 Å². The monoisotopic (exact) mass is 252 g/mol. The maximum atomic E-state index is 8.97. The maximum Gasteiger partial charge on any atom is 0.145 e. The fourth-order valence-corrected chi connectivity index (χ4v) is 1.76. The third kappa shape index (κ3) is 3.23. The van der Waals surface area contributed by atoms with Crippen LogP contribution in [-0.4, -0.2) is 19.1 Å². The van der Waals surface area contributed by atoms with E-state index in [-0.39, 0.29) is 0 Å². The summed E-state index contributed by atoms with van der Waals surface area (Å²) in [6.07, 6.45) is 1.63. The van der Waals surface area contributed by atoms with E-state index in [1.165, 1.54) is 0 Å². The highest BCUT2D eigenvalue weighted by molar-refractivity contribution is 5.54. The van der Waals surface area contributed by atoms with E-state index in [0.29, 0.717) is 12.2 Å². The SMILES string of the molecule is CN(C)c1ccc(NCc2cccnc2C#N)cc1. The van der Waals surface area contributed by atoms with Crippen LogP contribution in [0.1, 0.15) is 11.3 Å². The molecule has 0 bridgehead atoms. The van der Waals surface area contributed by atoms with Gasteiger partial charge in [-0.25, -0.2) is 4.98 Å².